The summed E-state index contributed by atoms with van der Waals surface area (Å²) in [6, 6.07) is -0.572. The molecule has 2 amide bonds. The second-order valence-electron chi connectivity index (χ2n) is 4.64. The first kappa shape index (κ1) is 15.4. The van der Waals surface area contributed by atoms with Crippen molar-refractivity contribution in [1.29, 1.82) is 0 Å². The third-order valence-electron chi connectivity index (χ3n) is 2.77. The van der Waals surface area contributed by atoms with Gasteiger partial charge in [0, 0.05) is 18.1 Å². The van der Waals surface area contributed by atoms with Gasteiger partial charge in [0.15, 0.2) is 0 Å². The molecule has 6 nitrogen and oxygen atoms in total. The van der Waals surface area contributed by atoms with Crippen molar-refractivity contribution in [2.45, 2.75) is 26.8 Å². The van der Waals surface area contributed by atoms with Crippen LogP contribution in [0.3, 0.4) is 0 Å². The van der Waals surface area contributed by atoms with E-state index in [1.54, 1.807) is 6.20 Å². The Morgan fingerprint density at radius 1 is 1.42 bits per heavy atom. The first-order valence-electron chi connectivity index (χ1n) is 6.08. The summed E-state index contributed by atoms with van der Waals surface area (Å²) >= 11 is 1.46. The number of carboxylic acids is 1. The van der Waals surface area contributed by atoms with Gasteiger partial charge in [0.05, 0.1) is 12.0 Å². The van der Waals surface area contributed by atoms with Crippen molar-refractivity contribution in [2.24, 2.45) is 11.8 Å². The van der Waals surface area contributed by atoms with Gasteiger partial charge in [-0.2, -0.15) is 0 Å². The summed E-state index contributed by atoms with van der Waals surface area (Å²) in [5, 5.41) is 17.0. The molecule has 0 saturated carbocycles. The molecule has 0 aliphatic heterocycles. The summed E-state index contributed by atoms with van der Waals surface area (Å²) in [6.45, 7) is 5.58. The number of hydrogen-bond acceptors (Lipinski definition) is 4. The Morgan fingerprint density at radius 2 is 2.11 bits per heavy atom. The Hall–Kier alpha value is -1.63. The van der Waals surface area contributed by atoms with E-state index in [-0.39, 0.29) is 24.5 Å². The van der Waals surface area contributed by atoms with Crippen molar-refractivity contribution in [1.82, 2.24) is 15.6 Å². The average molecular weight is 285 g/mol. The molecule has 1 rings (SSSR count). The SMILES string of the molecule is CC(NC(=O)NCC(C(=O)O)C(C)C)c1nccs1. The molecule has 0 spiro atoms. The molecule has 2 atom stereocenters. The molecule has 0 radical (unpaired) electrons. The van der Waals surface area contributed by atoms with Crippen LogP contribution >= 0.6 is 11.3 Å². The number of nitrogens with one attached hydrogen (secondary N) is 2. The molecule has 0 aliphatic carbocycles. The van der Waals surface area contributed by atoms with Gasteiger partial charge in [0.25, 0.3) is 0 Å². The number of thiazole rings is 1. The lowest BCUT2D eigenvalue weighted by molar-refractivity contribution is -0.142. The highest BCUT2D eigenvalue weighted by molar-refractivity contribution is 7.09. The molecule has 0 bridgehead atoms. The van der Waals surface area contributed by atoms with Gasteiger partial charge in [0.1, 0.15) is 5.01 Å². The van der Waals surface area contributed by atoms with Crippen LogP contribution in [0.25, 0.3) is 0 Å². The maximum Gasteiger partial charge on any atom is 0.315 e. The Labute approximate surface area is 116 Å². The van der Waals surface area contributed by atoms with Crippen LogP contribution in [-0.4, -0.2) is 28.6 Å². The molecule has 19 heavy (non-hydrogen) atoms. The third kappa shape index (κ3) is 4.86. The standard InChI is InChI=1S/C12H19N3O3S/c1-7(2)9(11(16)17)6-14-12(18)15-8(3)10-13-4-5-19-10/h4-5,7-9H,6H2,1-3H3,(H,16,17)(H2,14,15,18). The van der Waals surface area contributed by atoms with E-state index >= 15 is 0 Å². The van der Waals surface area contributed by atoms with E-state index in [9.17, 15) is 9.59 Å². The number of nitrogens with zero attached hydrogens (tertiary/aromatic N) is 1. The zero-order valence-corrected chi connectivity index (χ0v) is 12.0. The highest BCUT2D eigenvalue weighted by Crippen LogP contribution is 2.14. The van der Waals surface area contributed by atoms with E-state index in [4.69, 9.17) is 5.11 Å². The van der Waals surface area contributed by atoms with E-state index in [1.165, 1.54) is 11.3 Å². The van der Waals surface area contributed by atoms with Gasteiger partial charge in [0.2, 0.25) is 0 Å². The van der Waals surface area contributed by atoms with Gasteiger partial charge in [-0.05, 0) is 12.8 Å². The second kappa shape index (κ2) is 7.08. The zero-order chi connectivity index (χ0) is 14.4. The lowest BCUT2D eigenvalue weighted by atomic mass is 9.96. The molecular weight excluding hydrogens is 266 g/mol. The Bertz CT molecular complexity index is 420. The Morgan fingerprint density at radius 3 is 2.58 bits per heavy atom. The van der Waals surface area contributed by atoms with Crippen molar-refractivity contribution >= 4 is 23.3 Å². The number of aliphatic carboxylic acids is 1. The predicted molar refractivity (Wildman–Crippen MR) is 73.0 cm³/mol. The number of amides is 2. The number of carbonyl (C=O) groups excluding carboxylic acids is 1. The van der Waals surface area contributed by atoms with Crippen molar-refractivity contribution in [3.8, 4) is 0 Å². The summed E-state index contributed by atoms with van der Waals surface area (Å²) in [5.74, 6) is -1.52. The first-order valence-corrected chi connectivity index (χ1v) is 6.96. The summed E-state index contributed by atoms with van der Waals surface area (Å²) in [7, 11) is 0. The molecule has 0 saturated heterocycles. The van der Waals surface area contributed by atoms with Crippen LogP contribution < -0.4 is 10.6 Å². The molecule has 3 N–H and O–H groups in total. The number of carbonyl (C=O) groups is 2. The minimum atomic E-state index is -0.900. The van der Waals surface area contributed by atoms with Gasteiger partial charge < -0.3 is 15.7 Å². The maximum absolute atomic E-state index is 11.7. The molecule has 7 heteroatoms. The quantitative estimate of drug-likeness (QED) is 0.744. The minimum absolute atomic E-state index is 0.0332. The zero-order valence-electron chi connectivity index (χ0n) is 11.2. The van der Waals surface area contributed by atoms with Crippen LogP contribution in [-0.2, 0) is 4.79 Å². The topological polar surface area (TPSA) is 91.3 Å². The number of carboxylic acid groups (broad SMARTS) is 1. The fourth-order valence-electron chi connectivity index (χ4n) is 1.57. The fourth-order valence-corrected chi connectivity index (χ4v) is 2.21. The van der Waals surface area contributed by atoms with Gasteiger partial charge in [-0.1, -0.05) is 13.8 Å². The molecule has 2 unspecified atom stereocenters. The number of hydrogen-bond donors (Lipinski definition) is 3. The molecule has 0 aliphatic rings. The number of urea groups is 1. The van der Waals surface area contributed by atoms with Crippen LogP contribution in [0, 0.1) is 11.8 Å². The van der Waals surface area contributed by atoms with Crippen LogP contribution in [0.1, 0.15) is 31.8 Å². The van der Waals surface area contributed by atoms with Crippen LogP contribution in [0.5, 0.6) is 0 Å². The van der Waals surface area contributed by atoms with E-state index in [1.807, 2.05) is 26.2 Å². The van der Waals surface area contributed by atoms with Crippen LogP contribution in [0.2, 0.25) is 0 Å². The Balaban J connectivity index is 2.41. The highest BCUT2D eigenvalue weighted by Gasteiger charge is 2.22. The van der Waals surface area contributed by atoms with Gasteiger partial charge in [-0.15, -0.1) is 11.3 Å². The molecule has 1 aromatic rings. The number of rotatable bonds is 6. The van der Waals surface area contributed by atoms with Crippen molar-refractivity contribution in [3.63, 3.8) is 0 Å². The van der Waals surface area contributed by atoms with E-state index in [0.29, 0.717) is 0 Å². The average Bonchev–Trinajstić information content (AvgIpc) is 2.81. The van der Waals surface area contributed by atoms with Gasteiger partial charge >= 0.3 is 12.0 Å². The molecule has 1 heterocycles. The summed E-state index contributed by atoms with van der Waals surface area (Å²) in [5.41, 5.74) is 0. The van der Waals surface area contributed by atoms with Crippen molar-refractivity contribution < 1.29 is 14.7 Å². The lowest BCUT2D eigenvalue weighted by Gasteiger charge is -2.18. The molecule has 0 aromatic carbocycles. The van der Waals surface area contributed by atoms with Gasteiger partial charge in [-0.3, -0.25) is 4.79 Å². The molecule has 106 valence electrons. The van der Waals surface area contributed by atoms with E-state index < -0.39 is 11.9 Å². The smallest absolute Gasteiger partial charge is 0.315 e. The normalized spacial score (nSPS) is 13.9. The van der Waals surface area contributed by atoms with Crippen molar-refractivity contribution in [3.05, 3.63) is 16.6 Å². The predicted octanol–water partition coefficient (Wildman–Crippen LogP) is 1.86. The first-order chi connectivity index (χ1) is 8.91. The lowest BCUT2D eigenvalue weighted by Crippen LogP contribution is -2.42. The summed E-state index contributed by atoms with van der Waals surface area (Å²) in [6.07, 6.45) is 1.68. The van der Waals surface area contributed by atoms with E-state index in [0.717, 1.165) is 5.01 Å². The highest BCUT2D eigenvalue weighted by atomic mass is 32.1. The molecule has 1 aromatic heterocycles. The van der Waals surface area contributed by atoms with E-state index in [2.05, 4.69) is 15.6 Å². The maximum atomic E-state index is 11.7. The van der Waals surface area contributed by atoms with Crippen molar-refractivity contribution in [2.75, 3.05) is 6.54 Å². The third-order valence-corrected chi connectivity index (χ3v) is 3.73. The summed E-state index contributed by atoms with van der Waals surface area (Å²) in [4.78, 5) is 26.7. The largest absolute Gasteiger partial charge is 0.481 e. The molecule has 0 fully saturated rings. The monoisotopic (exact) mass is 285 g/mol. The number of aromatic nitrogens is 1. The summed E-state index contributed by atoms with van der Waals surface area (Å²) < 4.78 is 0. The second-order valence-corrected chi connectivity index (χ2v) is 5.56. The van der Waals surface area contributed by atoms with Gasteiger partial charge in [-0.25, -0.2) is 9.78 Å². The fraction of sp³-hybridized carbons (Fsp3) is 0.583. The van der Waals surface area contributed by atoms with Crippen LogP contribution in [0.4, 0.5) is 4.79 Å². The minimum Gasteiger partial charge on any atom is -0.481 e. The molecular formula is C12H19N3O3S. The van der Waals surface area contributed by atoms with Crippen LogP contribution in [0.15, 0.2) is 11.6 Å². The Kier molecular flexibility index (Phi) is 5.75.